The van der Waals surface area contributed by atoms with Gasteiger partial charge in [0.15, 0.2) is 5.96 Å². The van der Waals surface area contributed by atoms with Gasteiger partial charge in [0.2, 0.25) is 0 Å². The van der Waals surface area contributed by atoms with E-state index in [0.717, 1.165) is 6.07 Å². The van der Waals surface area contributed by atoms with Gasteiger partial charge in [0, 0.05) is 31.7 Å². The third-order valence-electron chi connectivity index (χ3n) is 4.55. The van der Waals surface area contributed by atoms with Crippen molar-refractivity contribution in [1.82, 2.24) is 10.6 Å². The summed E-state index contributed by atoms with van der Waals surface area (Å²) in [6.07, 6.45) is -1.35. The molecule has 0 atom stereocenters. The summed E-state index contributed by atoms with van der Waals surface area (Å²) >= 11 is 0. The van der Waals surface area contributed by atoms with Crippen molar-refractivity contribution < 1.29 is 17.9 Å². The minimum atomic E-state index is -4.36. The van der Waals surface area contributed by atoms with Crippen LogP contribution in [0.25, 0.3) is 0 Å². The van der Waals surface area contributed by atoms with Crippen molar-refractivity contribution in [3.8, 4) is 0 Å². The highest BCUT2D eigenvalue weighted by atomic mass is 127. The van der Waals surface area contributed by atoms with Gasteiger partial charge in [-0.1, -0.05) is 24.3 Å². The molecule has 0 saturated carbocycles. The van der Waals surface area contributed by atoms with Crippen LogP contribution in [0.15, 0.2) is 41.9 Å². The molecule has 0 aromatic heterocycles. The molecule has 1 aromatic carbocycles. The Kier molecular flexibility index (Phi) is 9.58. The molecule has 1 aliphatic heterocycles. The molecule has 0 aliphatic carbocycles. The fraction of sp³-hybridized carbons (Fsp3) is 0.526. The van der Waals surface area contributed by atoms with Crippen molar-refractivity contribution in [2.75, 3.05) is 32.8 Å². The SMILES string of the molecule is C=CCNC(=NCC1(c2cccc(C(F)(F)F)c2)CCOCC1)NCC.I. The number of hydrogen-bond acceptors (Lipinski definition) is 2. The molecule has 0 radical (unpaired) electrons. The molecule has 1 heterocycles. The molecule has 4 nitrogen and oxygen atoms in total. The van der Waals surface area contributed by atoms with Crippen molar-refractivity contribution in [1.29, 1.82) is 0 Å². The summed E-state index contributed by atoms with van der Waals surface area (Å²) in [7, 11) is 0. The average molecular weight is 497 g/mol. The van der Waals surface area contributed by atoms with E-state index in [1.54, 1.807) is 12.1 Å². The Labute approximate surface area is 175 Å². The standard InChI is InChI=1S/C19H26F3N3O.HI/c1-3-10-24-17(23-4-2)25-14-18(8-11-26-12-9-18)15-6-5-7-16(13-15)19(20,21)22;/h3,5-7,13H,1,4,8-12,14H2,2H3,(H2,23,24,25);1H. The molecule has 1 fully saturated rings. The molecule has 0 amide bonds. The summed E-state index contributed by atoms with van der Waals surface area (Å²) < 4.78 is 44.8. The van der Waals surface area contributed by atoms with E-state index in [9.17, 15) is 13.2 Å². The second kappa shape index (κ2) is 10.9. The van der Waals surface area contributed by atoms with Gasteiger partial charge in [0.25, 0.3) is 0 Å². The van der Waals surface area contributed by atoms with Crippen LogP contribution in [0.2, 0.25) is 0 Å². The molecule has 0 bridgehead atoms. The molecule has 1 aliphatic rings. The van der Waals surface area contributed by atoms with Gasteiger partial charge in [-0.15, -0.1) is 30.6 Å². The number of hydrogen-bond donors (Lipinski definition) is 2. The van der Waals surface area contributed by atoms with Crippen molar-refractivity contribution in [3.63, 3.8) is 0 Å². The Morgan fingerprint density at radius 1 is 1.30 bits per heavy atom. The Balaban J connectivity index is 0.00000364. The maximum absolute atomic E-state index is 13.1. The van der Waals surface area contributed by atoms with Crippen LogP contribution in [0, 0.1) is 0 Å². The molecule has 152 valence electrons. The van der Waals surface area contributed by atoms with Crippen LogP contribution in [0.3, 0.4) is 0 Å². The lowest BCUT2D eigenvalue weighted by molar-refractivity contribution is -0.137. The minimum Gasteiger partial charge on any atom is -0.381 e. The van der Waals surface area contributed by atoms with Gasteiger partial charge in [-0.3, -0.25) is 4.99 Å². The van der Waals surface area contributed by atoms with Crippen molar-refractivity contribution >= 4 is 29.9 Å². The zero-order valence-electron chi connectivity index (χ0n) is 15.4. The Morgan fingerprint density at radius 2 is 2.00 bits per heavy atom. The highest BCUT2D eigenvalue weighted by Crippen LogP contribution is 2.38. The fourth-order valence-corrected chi connectivity index (χ4v) is 3.07. The fourth-order valence-electron chi connectivity index (χ4n) is 3.07. The first-order chi connectivity index (χ1) is 12.4. The summed E-state index contributed by atoms with van der Waals surface area (Å²) in [5.74, 6) is 0.630. The second-order valence-corrected chi connectivity index (χ2v) is 6.34. The van der Waals surface area contributed by atoms with Gasteiger partial charge >= 0.3 is 6.18 Å². The zero-order chi connectivity index (χ0) is 19.0. The summed E-state index contributed by atoms with van der Waals surface area (Å²) in [6, 6.07) is 5.60. The van der Waals surface area contributed by atoms with E-state index in [1.165, 1.54) is 12.1 Å². The van der Waals surface area contributed by atoms with Crippen LogP contribution in [0.4, 0.5) is 13.2 Å². The summed E-state index contributed by atoms with van der Waals surface area (Å²) in [5.41, 5.74) is -0.420. The van der Waals surface area contributed by atoms with Crippen LogP contribution >= 0.6 is 24.0 Å². The Hall–Kier alpha value is -1.29. The predicted molar refractivity (Wildman–Crippen MR) is 113 cm³/mol. The highest BCUT2D eigenvalue weighted by Gasteiger charge is 2.37. The van der Waals surface area contributed by atoms with Gasteiger partial charge in [-0.25, -0.2) is 0 Å². The van der Waals surface area contributed by atoms with Crippen LogP contribution in [-0.2, 0) is 16.3 Å². The van der Waals surface area contributed by atoms with Crippen LogP contribution in [0.1, 0.15) is 30.9 Å². The first-order valence-electron chi connectivity index (χ1n) is 8.80. The molecule has 27 heavy (non-hydrogen) atoms. The molecular formula is C19H27F3IN3O. The topological polar surface area (TPSA) is 45.7 Å². The predicted octanol–water partition coefficient (Wildman–Crippen LogP) is 4.11. The lowest BCUT2D eigenvalue weighted by Gasteiger charge is -2.37. The third-order valence-corrected chi connectivity index (χ3v) is 4.55. The number of nitrogens with one attached hydrogen (secondary N) is 2. The van der Waals surface area contributed by atoms with E-state index < -0.39 is 17.2 Å². The summed E-state index contributed by atoms with van der Waals surface area (Å²) in [6.45, 7) is 8.31. The number of ether oxygens (including phenoxy) is 1. The van der Waals surface area contributed by atoms with E-state index >= 15 is 0 Å². The van der Waals surface area contributed by atoms with Crippen molar-refractivity contribution in [2.24, 2.45) is 4.99 Å². The number of guanidine groups is 1. The molecule has 0 spiro atoms. The third kappa shape index (κ3) is 6.67. The maximum atomic E-state index is 13.1. The van der Waals surface area contributed by atoms with E-state index in [1.807, 2.05) is 6.92 Å². The lowest BCUT2D eigenvalue weighted by atomic mass is 9.74. The van der Waals surface area contributed by atoms with E-state index in [-0.39, 0.29) is 24.0 Å². The van der Waals surface area contributed by atoms with Gasteiger partial charge in [-0.2, -0.15) is 13.2 Å². The number of rotatable bonds is 6. The Morgan fingerprint density at radius 3 is 2.59 bits per heavy atom. The number of nitrogens with zero attached hydrogens (tertiary/aromatic N) is 1. The number of alkyl halides is 3. The number of aliphatic imine (C=N–C) groups is 1. The molecule has 2 N–H and O–H groups in total. The monoisotopic (exact) mass is 497 g/mol. The van der Waals surface area contributed by atoms with E-state index in [4.69, 9.17) is 4.74 Å². The van der Waals surface area contributed by atoms with Crippen LogP contribution in [-0.4, -0.2) is 38.8 Å². The zero-order valence-corrected chi connectivity index (χ0v) is 17.8. The molecule has 1 aromatic rings. The van der Waals surface area contributed by atoms with Gasteiger partial charge in [0.05, 0.1) is 12.1 Å². The molecular weight excluding hydrogens is 470 g/mol. The number of benzene rings is 1. The first-order valence-corrected chi connectivity index (χ1v) is 8.80. The van der Waals surface area contributed by atoms with Crippen LogP contribution in [0.5, 0.6) is 0 Å². The van der Waals surface area contributed by atoms with E-state index in [0.29, 0.717) is 57.2 Å². The number of halogens is 4. The normalized spacial score (nSPS) is 17.0. The molecule has 0 unspecified atom stereocenters. The minimum absolute atomic E-state index is 0. The average Bonchev–Trinajstić information content (AvgIpc) is 2.64. The largest absolute Gasteiger partial charge is 0.416 e. The van der Waals surface area contributed by atoms with Gasteiger partial charge in [0.1, 0.15) is 0 Å². The second-order valence-electron chi connectivity index (χ2n) is 6.34. The summed E-state index contributed by atoms with van der Waals surface area (Å²) in [5, 5.41) is 6.27. The highest BCUT2D eigenvalue weighted by molar-refractivity contribution is 14.0. The lowest BCUT2D eigenvalue weighted by Crippen LogP contribution is -2.41. The first kappa shape index (κ1) is 23.7. The molecule has 8 heteroatoms. The smallest absolute Gasteiger partial charge is 0.381 e. The maximum Gasteiger partial charge on any atom is 0.416 e. The molecule has 1 saturated heterocycles. The van der Waals surface area contributed by atoms with Crippen molar-refractivity contribution in [2.45, 2.75) is 31.4 Å². The van der Waals surface area contributed by atoms with Gasteiger partial charge < -0.3 is 15.4 Å². The van der Waals surface area contributed by atoms with Gasteiger partial charge in [-0.05, 0) is 31.4 Å². The summed E-state index contributed by atoms with van der Waals surface area (Å²) in [4.78, 5) is 4.62. The van der Waals surface area contributed by atoms with E-state index in [2.05, 4.69) is 22.2 Å². The van der Waals surface area contributed by atoms with Crippen molar-refractivity contribution in [3.05, 3.63) is 48.0 Å². The molecule has 2 rings (SSSR count). The van der Waals surface area contributed by atoms with Crippen LogP contribution < -0.4 is 10.6 Å². The quantitative estimate of drug-likeness (QED) is 0.269. The Bertz CT molecular complexity index is 629.